The topological polar surface area (TPSA) is 66.6 Å². The Bertz CT molecular complexity index is 639. The number of rotatable bonds is 5. The summed E-state index contributed by atoms with van der Waals surface area (Å²) in [6.07, 6.45) is 3.45. The summed E-state index contributed by atoms with van der Waals surface area (Å²) in [5.41, 5.74) is 8.05. The van der Waals surface area contributed by atoms with Crippen LogP contribution in [0, 0.1) is 17.8 Å². The average molecular weight is 343 g/mol. The highest BCUT2D eigenvalue weighted by Gasteiger charge is 2.49. The van der Waals surface area contributed by atoms with Gasteiger partial charge in [-0.25, -0.2) is 0 Å². The monoisotopic (exact) mass is 343 g/mol. The number of fused-ring (bicyclic) bond motifs is 2. The van der Waals surface area contributed by atoms with Gasteiger partial charge in [-0.1, -0.05) is 12.1 Å². The number of carbonyl (C=O) groups excluding carboxylic acids is 2. The maximum absolute atomic E-state index is 13.0. The van der Waals surface area contributed by atoms with Gasteiger partial charge < -0.3 is 15.5 Å². The SMILES string of the molecule is CCN(Cc1ccc(C(=O)N(C)C)cc1)C(=O)C1C2CCC(C2)C1N. The quantitative estimate of drug-likeness (QED) is 0.890. The molecule has 4 unspecified atom stereocenters. The van der Waals surface area contributed by atoms with Crippen LogP contribution in [-0.2, 0) is 11.3 Å². The molecule has 5 heteroatoms. The molecule has 0 spiro atoms. The number of nitrogens with two attached hydrogens (primary N) is 1. The first kappa shape index (κ1) is 17.9. The van der Waals surface area contributed by atoms with Crippen molar-refractivity contribution in [2.24, 2.45) is 23.5 Å². The highest BCUT2D eigenvalue weighted by Crippen LogP contribution is 2.48. The van der Waals surface area contributed by atoms with Crippen LogP contribution in [0.3, 0.4) is 0 Å². The third-order valence-corrected chi connectivity index (χ3v) is 5.94. The van der Waals surface area contributed by atoms with Gasteiger partial charge in [-0.3, -0.25) is 9.59 Å². The van der Waals surface area contributed by atoms with Crippen molar-refractivity contribution >= 4 is 11.8 Å². The summed E-state index contributed by atoms with van der Waals surface area (Å²) in [7, 11) is 3.48. The fraction of sp³-hybridized carbons (Fsp3) is 0.600. The number of hydrogen-bond donors (Lipinski definition) is 1. The van der Waals surface area contributed by atoms with Gasteiger partial charge in [0.1, 0.15) is 0 Å². The van der Waals surface area contributed by atoms with E-state index in [4.69, 9.17) is 5.73 Å². The van der Waals surface area contributed by atoms with Crippen molar-refractivity contribution in [2.45, 2.75) is 38.8 Å². The first-order chi connectivity index (χ1) is 11.9. The molecule has 1 aromatic rings. The lowest BCUT2D eigenvalue weighted by molar-refractivity contribution is -0.138. The molecule has 2 aliphatic carbocycles. The summed E-state index contributed by atoms with van der Waals surface area (Å²) in [6.45, 7) is 3.27. The van der Waals surface area contributed by atoms with Crippen molar-refractivity contribution in [1.29, 1.82) is 0 Å². The van der Waals surface area contributed by atoms with E-state index in [1.54, 1.807) is 19.0 Å². The van der Waals surface area contributed by atoms with Crippen LogP contribution in [0.4, 0.5) is 0 Å². The minimum Gasteiger partial charge on any atom is -0.345 e. The first-order valence-electron chi connectivity index (χ1n) is 9.27. The predicted octanol–water partition coefficient (Wildman–Crippen LogP) is 2.11. The van der Waals surface area contributed by atoms with Crippen molar-refractivity contribution in [3.8, 4) is 0 Å². The Morgan fingerprint density at radius 3 is 2.28 bits per heavy atom. The Kier molecular flexibility index (Phi) is 5.13. The number of benzene rings is 1. The largest absolute Gasteiger partial charge is 0.345 e. The van der Waals surface area contributed by atoms with Crippen LogP contribution >= 0.6 is 0 Å². The van der Waals surface area contributed by atoms with Crippen molar-refractivity contribution in [1.82, 2.24) is 9.80 Å². The van der Waals surface area contributed by atoms with E-state index in [0.29, 0.717) is 30.5 Å². The molecule has 0 aromatic heterocycles. The average Bonchev–Trinajstić information content (AvgIpc) is 3.20. The smallest absolute Gasteiger partial charge is 0.253 e. The highest BCUT2D eigenvalue weighted by molar-refractivity contribution is 5.93. The van der Waals surface area contributed by atoms with Crippen molar-refractivity contribution in [3.63, 3.8) is 0 Å². The molecular weight excluding hydrogens is 314 g/mol. The molecule has 2 saturated carbocycles. The van der Waals surface area contributed by atoms with Gasteiger partial charge in [0.05, 0.1) is 5.92 Å². The van der Waals surface area contributed by atoms with Crippen LogP contribution in [0.2, 0.25) is 0 Å². The number of amides is 2. The Hall–Kier alpha value is -1.88. The van der Waals surface area contributed by atoms with E-state index in [9.17, 15) is 9.59 Å². The molecule has 136 valence electrons. The molecule has 0 aliphatic heterocycles. The summed E-state index contributed by atoms with van der Waals surface area (Å²) >= 11 is 0. The van der Waals surface area contributed by atoms with Crippen LogP contribution in [0.15, 0.2) is 24.3 Å². The molecule has 2 bridgehead atoms. The van der Waals surface area contributed by atoms with Gasteiger partial charge in [-0.15, -0.1) is 0 Å². The van der Waals surface area contributed by atoms with E-state index >= 15 is 0 Å². The molecule has 0 heterocycles. The Labute approximate surface area is 150 Å². The van der Waals surface area contributed by atoms with E-state index < -0.39 is 0 Å². The molecule has 0 saturated heterocycles. The number of carbonyl (C=O) groups is 2. The van der Waals surface area contributed by atoms with Crippen LogP contribution in [0.1, 0.15) is 42.1 Å². The summed E-state index contributed by atoms with van der Waals surface area (Å²) in [4.78, 5) is 28.5. The summed E-state index contributed by atoms with van der Waals surface area (Å²) in [5, 5.41) is 0. The molecule has 2 aliphatic rings. The molecule has 2 amide bonds. The van der Waals surface area contributed by atoms with Gasteiger partial charge >= 0.3 is 0 Å². The van der Waals surface area contributed by atoms with Gasteiger partial charge in [0.25, 0.3) is 5.91 Å². The van der Waals surface area contributed by atoms with Gasteiger partial charge in [0.15, 0.2) is 0 Å². The van der Waals surface area contributed by atoms with Crippen LogP contribution in [0.25, 0.3) is 0 Å². The lowest BCUT2D eigenvalue weighted by atomic mass is 9.84. The van der Waals surface area contributed by atoms with E-state index in [0.717, 1.165) is 18.4 Å². The summed E-state index contributed by atoms with van der Waals surface area (Å²) < 4.78 is 0. The van der Waals surface area contributed by atoms with E-state index in [-0.39, 0.29) is 23.8 Å². The molecule has 0 radical (unpaired) electrons. The minimum atomic E-state index is -0.0112. The highest BCUT2D eigenvalue weighted by atomic mass is 16.2. The standard InChI is InChI=1S/C20H29N3O2/c1-4-23(20(25)17-15-9-10-16(11-15)18(17)21)12-13-5-7-14(8-6-13)19(24)22(2)3/h5-8,15-18H,4,9-12,21H2,1-3H3. The molecule has 25 heavy (non-hydrogen) atoms. The molecule has 1 aromatic carbocycles. The molecule has 2 N–H and O–H groups in total. The lowest BCUT2D eigenvalue weighted by Crippen LogP contribution is -2.46. The zero-order chi connectivity index (χ0) is 18.1. The fourth-order valence-corrected chi connectivity index (χ4v) is 4.49. The van der Waals surface area contributed by atoms with Gasteiger partial charge in [-0.2, -0.15) is 0 Å². The van der Waals surface area contributed by atoms with E-state index in [1.165, 1.54) is 6.42 Å². The normalized spacial score (nSPS) is 27.4. The zero-order valence-electron chi connectivity index (χ0n) is 15.4. The summed E-state index contributed by atoms with van der Waals surface area (Å²) in [5.74, 6) is 1.20. The Balaban J connectivity index is 1.68. The first-order valence-corrected chi connectivity index (χ1v) is 9.27. The maximum atomic E-state index is 13.0. The second-order valence-electron chi connectivity index (χ2n) is 7.69. The van der Waals surface area contributed by atoms with Crippen LogP contribution in [-0.4, -0.2) is 48.3 Å². The van der Waals surface area contributed by atoms with Gasteiger partial charge in [0.2, 0.25) is 5.91 Å². The second-order valence-corrected chi connectivity index (χ2v) is 7.69. The molecule has 5 nitrogen and oxygen atoms in total. The predicted molar refractivity (Wildman–Crippen MR) is 97.8 cm³/mol. The third-order valence-electron chi connectivity index (χ3n) is 5.94. The van der Waals surface area contributed by atoms with Crippen LogP contribution in [0.5, 0.6) is 0 Å². The molecule has 2 fully saturated rings. The van der Waals surface area contributed by atoms with E-state index in [1.807, 2.05) is 36.1 Å². The van der Waals surface area contributed by atoms with Gasteiger partial charge in [-0.05, 0) is 55.7 Å². The summed E-state index contributed by atoms with van der Waals surface area (Å²) in [6, 6.07) is 7.57. The number of hydrogen-bond acceptors (Lipinski definition) is 3. The molecular formula is C20H29N3O2. The Morgan fingerprint density at radius 1 is 1.12 bits per heavy atom. The number of nitrogens with zero attached hydrogens (tertiary/aromatic N) is 2. The Morgan fingerprint density at radius 2 is 1.76 bits per heavy atom. The van der Waals surface area contributed by atoms with Crippen molar-refractivity contribution < 1.29 is 9.59 Å². The van der Waals surface area contributed by atoms with Gasteiger partial charge in [0, 0.05) is 38.8 Å². The molecule has 4 atom stereocenters. The zero-order valence-corrected chi connectivity index (χ0v) is 15.4. The van der Waals surface area contributed by atoms with Crippen molar-refractivity contribution in [3.05, 3.63) is 35.4 Å². The maximum Gasteiger partial charge on any atom is 0.253 e. The molecule has 3 rings (SSSR count). The second kappa shape index (κ2) is 7.16. The third kappa shape index (κ3) is 3.43. The lowest BCUT2D eigenvalue weighted by Gasteiger charge is -2.32. The minimum absolute atomic E-state index is 0.00621. The fourth-order valence-electron chi connectivity index (χ4n) is 4.49. The van der Waals surface area contributed by atoms with Crippen molar-refractivity contribution in [2.75, 3.05) is 20.6 Å². The van der Waals surface area contributed by atoms with Crippen LogP contribution < -0.4 is 5.73 Å². The van der Waals surface area contributed by atoms with E-state index in [2.05, 4.69) is 0 Å².